The molecule has 1 atom stereocenters. The average molecular weight is 307 g/mol. The third kappa shape index (κ3) is 4.12. The summed E-state index contributed by atoms with van der Waals surface area (Å²) < 4.78 is 4.25. The number of carbonyl (C=O) groups excluding carboxylic acids is 2. The maximum absolute atomic E-state index is 11.5. The Labute approximate surface area is 126 Å². The van der Waals surface area contributed by atoms with Crippen LogP contribution in [0.5, 0.6) is 0 Å². The van der Waals surface area contributed by atoms with E-state index < -0.39 is 11.8 Å². The number of carbonyl (C=O) groups is 2. The fourth-order valence-electron chi connectivity index (χ4n) is 1.92. The fraction of sp³-hybridized carbons (Fsp3) is 0.308. The smallest absolute Gasteiger partial charge is 0.250 e. The Bertz CT molecular complexity index is 602. The lowest BCUT2D eigenvalue weighted by Gasteiger charge is -2.16. The molecule has 0 aliphatic carbocycles. The third-order valence-corrected chi connectivity index (χ3v) is 3.84. The highest BCUT2D eigenvalue weighted by atomic mass is 32.2. The van der Waals surface area contributed by atoms with E-state index in [0.29, 0.717) is 16.9 Å². The van der Waals surface area contributed by atoms with Crippen LogP contribution in [-0.2, 0) is 4.79 Å². The number of nitrogens with zero attached hydrogens (tertiary/aromatic N) is 1. The van der Waals surface area contributed by atoms with Crippen LogP contribution in [-0.4, -0.2) is 29.4 Å². The normalized spacial score (nSPS) is 17.2. The first kappa shape index (κ1) is 15.2. The van der Waals surface area contributed by atoms with Gasteiger partial charge >= 0.3 is 0 Å². The Morgan fingerprint density at radius 2 is 2.19 bits per heavy atom. The molecule has 1 aromatic rings. The van der Waals surface area contributed by atoms with E-state index >= 15 is 0 Å². The number of rotatable bonds is 6. The van der Waals surface area contributed by atoms with Gasteiger partial charge in [0, 0.05) is 23.5 Å². The summed E-state index contributed by atoms with van der Waals surface area (Å²) >= 11 is 1.42. The molecular weight excluding hydrogens is 290 g/mol. The molecule has 1 aromatic carbocycles. The molecule has 0 saturated heterocycles. The highest BCUT2D eigenvalue weighted by Crippen LogP contribution is 2.29. The number of nitrogens with one attached hydrogen (secondary N) is 2. The lowest BCUT2D eigenvalue weighted by atomic mass is 10.1. The summed E-state index contributed by atoms with van der Waals surface area (Å²) in [6.07, 6.45) is 0.793. The van der Waals surface area contributed by atoms with Crippen molar-refractivity contribution < 1.29 is 9.59 Å². The average Bonchev–Trinajstić information content (AvgIpc) is 2.81. The van der Waals surface area contributed by atoms with E-state index in [0.717, 1.165) is 12.1 Å². The van der Waals surface area contributed by atoms with Gasteiger partial charge in [-0.1, -0.05) is 0 Å². The molecule has 0 fully saturated rings. The minimum absolute atomic E-state index is 0.0236. The Hall–Kier alpha value is -2.22. The van der Waals surface area contributed by atoms with Gasteiger partial charge in [-0.2, -0.15) is 0 Å². The van der Waals surface area contributed by atoms with E-state index in [1.165, 1.54) is 11.9 Å². The van der Waals surface area contributed by atoms with Crippen molar-refractivity contribution in [2.75, 3.05) is 17.2 Å². The van der Waals surface area contributed by atoms with Gasteiger partial charge in [-0.05, 0) is 37.1 Å². The Balaban J connectivity index is 2.16. The minimum atomic E-state index is -0.514. The van der Waals surface area contributed by atoms with Gasteiger partial charge in [0.2, 0.25) is 5.91 Å². The largest absolute Gasteiger partial charge is 0.376 e. The molecule has 1 aliphatic rings. The van der Waals surface area contributed by atoms with Crippen LogP contribution in [0.1, 0.15) is 23.7 Å². The van der Waals surface area contributed by atoms with Gasteiger partial charge < -0.3 is 22.1 Å². The number of anilines is 2. The zero-order valence-corrected chi connectivity index (χ0v) is 12.4. The van der Waals surface area contributed by atoms with Crippen LogP contribution in [0.3, 0.4) is 0 Å². The van der Waals surface area contributed by atoms with E-state index in [2.05, 4.69) is 15.0 Å². The molecule has 8 heteroatoms. The molecule has 0 saturated carbocycles. The van der Waals surface area contributed by atoms with Crippen molar-refractivity contribution in [3.05, 3.63) is 23.8 Å². The van der Waals surface area contributed by atoms with Gasteiger partial charge in [0.05, 0.1) is 17.5 Å². The maximum atomic E-state index is 11.5. The zero-order valence-electron chi connectivity index (χ0n) is 11.6. The quantitative estimate of drug-likeness (QED) is 0.582. The Kier molecular flexibility index (Phi) is 4.69. The van der Waals surface area contributed by atoms with Crippen molar-refractivity contribution in [3.63, 3.8) is 0 Å². The van der Waals surface area contributed by atoms with Crippen LogP contribution >= 0.6 is 11.9 Å². The first-order valence-corrected chi connectivity index (χ1v) is 7.21. The van der Waals surface area contributed by atoms with E-state index in [4.69, 9.17) is 11.5 Å². The van der Waals surface area contributed by atoms with Gasteiger partial charge in [0.15, 0.2) is 0 Å². The van der Waals surface area contributed by atoms with Gasteiger partial charge in [0.1, 0.15) is 0 Å². The second-order valence-corrected chi connectivity index (χ2v) is 5.68. The first-order chi connectivity index (χ1) is 9.95. The van der Waals surface area contributed by atoms with E-state index in [1.54, 1.807) is 18.2 Å². The number of nitrogens with two attached hydrogens (primary N) is 2. The molecule has 0 spiro atoms. The Morgan fingerprint density at radius 1 is 1.43 bits per heavy atom. The number of amides is 2. The predicted octanol–water partition coefficient (Wildman–Crippen LogP) is 0.933. The molecule has 1 unspecified atom stereocenters. The second kappa shape index (κ2) is 6.49. The molecule has 7 nitrogen and oxygen atoms in total. The monoisotopic (exact) mass is 307 g/mol. The van der Waals surface area contributed by atoms with Crippen LogP contribution in [0.4, 0.5) is 11.4 Å². The fourth-order valence-corrected chi connectivity index (χ4v) is 2.80. The highest BCUT2D eigenvalue weighted by Gasteiger charge is 2.19. The van der Waals surface area contributed by atoms with Crippen LogP contribution in [0.2, 0.25) is 0 Å². The summed E-state index contributed by atoms with van der Waals surface area (Å²) in [6.45, 7) is 1.98. The van der Waals surface area contributed by atoms with Crippen molar-refractivity contribution in [2.24, 2.45) is 15.9 Å². The van der Waals surface area contributed by atoms with Crippen LogP contribution in [0.15, 0.2) is 22.6 Å². The molecule has 112 valence electrons. The van der Waals surface area contributed by atoms with Crippen LogP contribution in [0, 0.1) is 0 Å². The first-order valence-electron chi connectivity index (χ1n) is 6.37. The van der Waals surface area contributed by atoms with Gasteiger partial charge in [-0.25, -0.2) is 4.40 Å². The molecule has 0 bridgehead atoms. The molecule has 21 heavy (non-hydrogen) atoms. The molecule has 6 N–H and O–H groups in total. The molecular formula is C13H17N5O2S. The Morgan fingerprint density at radius 3 is 2.76 bits per heavy atom. The van der Waals surface area contributed by atoms with Gasteiger partial charge in [-0.15, -0.1) is 0 Å². The number of hydrogen-bond acceptors (Lipinski definition) is 6. The van der Waals surface area contributed by atoms with Crippen molar-refractivity contribution in [1.29, 1.82) is 0 Å². The van der Waals surface area contributed by atoms with Crippen molar-refractivity contribution in [1.82, 2.24) is 0 Å². The minimum Gasteiger partial charge on any atom is -0.376 e. The molecule has 1 aliphatic heterocycles. The highest BCUT2D eigenvalue weighted by molar-refractivity contribution is 7.99. The summed E-state index contributed by atoms with van der Waals surface area (Å²) in [5.74, 6) is -0.974. The van der Waals surface area contributed by atoms with E-state index in [-0.39, 0.29) is 11.9 Å². The van der Waals surface area contributed by atoms with E-state index in [9.17, 15) is 9.59 Å². The van der Waals surface area contributed by atoms with Gasteiger partial charge in [0.25, 0.3) is 5.91 Å². The molecule has 0 aromatic heterocycles. The summed E-state index contributed by atoms with van der Waals surface area (Å²) in [5, 5.41) is 6.19. The standard InChI is InChI=1S/C13H17N5O2S/c1-7-4-12(21-18-7)17-10-5-8(16-6-11(14)19)2-3-9(10)13(15)20/h2-3,5,12,16-17H,4,6H2,1H3,(H2,14,19)(H2,15,20). The predicted molar refractivity (Wildman–Crippen MR) is 85.4 cm³/mol. The van der Waals surface area contributed by atoms with Crippen molar-refractivity contribution >= 4 is 40.8 Å². The van der Waals surface area contributed by atoms with Crippen molar-refractivity contribution in [3.8, 4) is 0 Å². The van der Waals surface area contributed by atoms with Gasteiger partial charge in [-0.3, -0.25) is 9.59 Å². The molecule has 1 heterocycles. The third-order valence-electron chi connectivity index (χ3n) is 2.88. The molecule has 2 amide bonds. The SMILES string of the molecule is CC1=NSC(Nc2cc(NCC(N)=O)ccc2C(N)=O)C1. The summed E-state index contributed by atoms with van der Waals surface area (Å²) in [4.78, 5) is 22.3. The zero-order chi connectivity index (χ0) is 15.4. The number of benzene rings is 1. The topological polar surface area (TPSA) is 123 Å². The lowest BCUT2D eigenvalue weighted by Crippen LogP contribution is -2.22. The second-order valence-electron chi connectivity index (χ2n) is 4.71. The summed E-state index contributed by atoms with van der Waals surface area (Å²) in [7, 11) is 0. The number of hydrogen-bond donors (Lipinski definition) is 4. The van der Waals surface area contributed by atoms with E-state index in [1.807, 2.05) is 6.92 Å². The summed E-state index contributed by atoms with van der Waals surface area (Å²) in [5.41, 5.74) is 13.2. The number of primary amides is 2. The summed E-state index contributed by atoms with van der Waals surface area (Å²) in [6, 6.07) is 5.02. The van der Waals surface area contributed by atoms with Crippen molar-refractivity contribution in [2.45, 2.75) is 18.7 Å². The van der Waals surface area contributed by atoms with Crippen LogP contribution < -0.4 is 22.1 Å². The molecule has 2 rings (SSSR count). The molecule has 0 radical (unpaired) electrons. The lowest BCUT2D eigenvalue weighted by molar-refractivity contribution is -0.116. The van der Waals surface area contributed by atoms with Crippen LogP contribution in [0.25, 0.3) is 0 Å². The maximum Gasteiger partial charge on any atom is 0.250 e.